The Morgan fingerprint density at radius 3 is 2.28 bits per heavy atom. The Kier molecular flexibility index (Phi) is 4.72. The maximum atomic E-state index is 11.9. The van der Waals surface area contributed by atoms with Crippen LogP contribution in [0, 0.1) is 13.8 Å². The number of hydrogen-bond acceptors (Lipinski definition) is 4. The average Bonchev–Trinajstić information content (AvgIpc) is 2.24. The van der Waals surface area contributed by atoms with Gasteiger partial charge in [0.15, 0.2) is 0 Å². The largest absolute Gasteiger partial charge is 0.550 e. The predicted molar refractivity (Wildman–Crippen MR) is 65.7 cm³/mol. The Morgan fingerprint density at radius 2 is 1.83 bits per heavy atom. The summed E-state index contributed by atoms with van der Waals surface area (Å²) in [7, 11) is -3.72. The Balaban J connectivity index is 2.95. The van der Waals surface area contributed by atoms with Gasteiger partial charge in [0.1, 0.15) is 0 Å². The summed E-state index contributed by atoms with van der Waals surface area (Å²) in [5.41, 5.74) is 1.30. The first-order valence-corrected chi connectivity index (χ1v) is 7.06. The number of aryl methyl sites for hydroxylation is 2. The molecule has 0 amide bonds. The number of sulfonamides is 1. The fourth-order valence-electron chi connectivity index (χ4n) is 1.43. The fourth-order valence-corrected chi connectivity index (χ4v) is 2.74. The van der Waals surface area contributed by atoms with Crippen molar-refractivity contribution in [3.63, 3.8) is 0 Å². The standard InChI is InChI=1S/C11H14ClNO4S/c1-7-5-9(6-8(2)11(7)12)18(16,17)13-4-3-10(14)15/h5-6,13H,3-4H2,1-2H3,(H,14,15)/p-1. The van der Waals surface area contributed by atoms with Crippen molar-refractivity contribution < 1.29 is 18.3 Å². The minimum Gasteiger partial charge on any atom is -0.550 e. The molecule has 1 aromatic carbocycles. The Hall–Kier alpha value is -1.11. The zero-order chi connectivity index (χ0) is 13.9. The van der Waals surface area contributed by atoms with E-state index in [1.165, 1.54) is 12.1 Å². The van der Waals surface area contributed by atoms with Gasteiger partial charge < -0.3 is 9.90 Å². The lowest BCUT2D eigenvalue weighted by Gasteiger charge is -2.10. The number of carbonyl (C=O) groups excluding carboxylic acids is 1. The number of carbonyl (C=O) groups is 1. The minimum absolute atomic E-state index is 0.0697. The predicted octanol–water partition coefficient (Wildman–Crippen LogP) is 0.375. The molecule has 0 atom stereocenters. The van der Waals surface area contributed by atoms with Crippen LogP contribution in [0.5, 0.6) is 0 Å². The maximum absolute atomic E-state index is 11.9. The lowest BCUT2D eigenvalue weighted by Crippen LogP contribution is -2.31. The van der Waals surface area contributed by atoms with E-state index >= 15 is 0 Å². The van der Waals surface area contributed by atoms with Gasteiger partial charge in [-0.15, -0.1) is 0 Å². The van der Waals surface area contributed by atoms with Crippen LogP contribution in [0.3, 0.4) is 0 Å². The summed E-state index contributed by atoms with van der Waals surface area (Å²) < 4.78 is 25.9. The third-order valence-electron chi connectivity index (χ3n) is 2.34. The van der Waals surface area contributed by atoms with E-state index in [2.05, 4.69) is 4.72 Å². The minimum atomic E-state index is -3.72. The molecule has 1 N–H and O–H groups in total. The van der Waals surface area contributed by atoms with Gasteiger partial charge in [0.25, 0.3) is 0 Å². The van der Waals surface area contributed by atoms with Crippen LogP contribution in [-0.2, 0) is 14.8 Å². The molecular weight excluding hydrogens is 278 g/mol. The molecule has 0 unspecified atom stereocenters. The van der Waals surface area contributed by atoms with Gasteiger partial charge in [0, 0.05) is 24.0 Å². The number of hydrogen-bond donors (Lipinski definition) is 1. The highest BCUT2D eigenvalue weighted by atomic mass is 35.5. The second-order valence-electron chi connectivity index (χ2n) is 3.89. The normalized spacial score (nSPS) is 11.5. The first-order valence-electron chi connectivity index (χ1n) is 5.20. The van der Waals surface area contributed by atoms with Gasteiger partial charge in [-0.3, -0.25) is 0 Å². The quantitative estimate of drug-likeness (QED) is 0.849. The van der Waals surface area contributed by atoms with E-state index in [0.29, 0.717) is 16.1 Å². The Morgan fingerprint density at radius 1 is 1.33 bits per heavy atom. The lowest BCUT2D eigenvalue weighted by atomic mass is 10.2. The Labute approximate surface area is 111 Å². The van der Waals surface area contributed by atoms with Gasteiger partial charge in [-0.05, 0) is 37.1 Å². The second-order valence-corrected chi connectivity index (χ2v) is 6.04. The van der Waals surface area contributed by atoms with Crippen molar-refractivity contribution in [1.29, 1.82) is 0 Å². The van der Waals surface area contributed by atoms with Crippen LogP contribution in [0.2, 0.25) is 5.02 Å². The van der Waals surface area contributed by atoms with Gasteiger partial charge in [0.2, 0.25) is 10.0 Å². The van der Waals surface area contributed by atoms with Crippen molar-refractivity contribution >= 4 is 27.6 Å². The van der Waals surface area contributed by atoms with E-state index < -0.39 is 16.0 Å². The summed E-state index contributed by atoms with van der Waals surface area (Å²) in [6, 6.07) is 2.88. The van der Waals surface area contributed by atoms with Gasteiger partial charge in [-0.2, -0.15) is 0 Å². The fraction of sp³-hybridized carbons (Fsp3) is 0.364. The topological polar surface area (TPSA) is 86.3 Å². The number of aliphatic carboxylic acids is 1. The van der Waals surface area contributed by atoms with Crippen LogP contribution in [0.25, 0.3) is 0 Å². The molecule has 0 radical (unpaired) electrons. The molecule has 1 aromatic rings. The first kappa shape index (κ1) is 14.9. The van der Waals surface area contributed by atoms with E-state index in [0.717, 1.165) is 0 Å². The van der Waals surface area contributed by atoms with E-state index in [4.69, 9.17) is 11.6 Å². The van der Waals surface area contributed by atoms with Crippen molar-refractivity contribution in [2.75, 3.05) is 6.54 Å². The zero-order valence-electron chi connectivity index (χ0n) is 9.99. The number of halogens is 1. The second kappa shape index (κ2) is 5.69. The number of nitrogens with one attached hydrogen (secondary N) is 1. The number of carboxylic acids is 1. The molecule has 0 fully saturated rings. The van der Waals surface area contributed by atoms with Crippen molar-refractivity contribution in [2.45, 2.75) is 25.2 Å². The highest BCUT2D eigenvalue weighted by Crippen LogP contribution is 2.24. The molecule has 0 aliphatic heterocycles. The third-order valence-corrected chi connectivity index (χ3v) is 4.38. The molecular formula is C11H13ClNO4S-. The molecule has 0 heterocycles. The van der Waals surface area contributed by atoms with E-state index in [1.807, 2.05) is 0 Å². The van der Waals surface area contributed by atoms with Gasteiger partial charge >= 0.3 is 0 Å². The summed E-state index contributed by atoms with van der Waals surface area (Å²) in [6.45, 7) is 3.20. The molecule has 0 saturated carbocycles. The number of benzene rings is 1. The molecule has 0 aromatic heterocycles. The molecule has 0 bridgehead atoms. The van der Waals surface area contributed by atoms with Crippen LogP contribution in [0.15, 0.2) is 17.0 Å². The van der Waals surface area contributed by atoms with Crippen molar-refractivity contribution in [3.8, 4) is 0 Å². The zero-order valence-corrected chi connectivity index (χ0v) is 11.6. The van der Waals surface area contributed by atoms with Crippen molar-refractivity contribution in [3.05, 3.63) is 28.3 Å². The van der Waals surface area contributed by atoms with Crippen LogP contribution >= 0.6 is 11.6 Å². The van der Waals surface area contributed by atoms with Crippen molar-refractivity contribution in [1.82, 2.24) is 4.72 Å². The van der Waals surface area contributed by atoms with Crippen LogP contribution in [-0.4, -0.2) is 20.9 Å². The third kappa shape index (κ3) is 3.69. The molecule has 0 saturated heterocycles. The molecule has 0 spiro atoms. The number of carboxylic acid groups (broad SMARTS) is 1. The van der Waals surface area contributed by atoms with Gasteiger partial charge in [0.05, 0.1) is 4.90 Å². The van der Waals surface area contributed by atoms with Crippen LogP contribution < -0.4 is 9.83 Å². The molecule has 1 rings (SSSR count). The smallest absolute Gasteiger partial charge is 0.240 e. The van der Waals surface area contributed by atoms with Gasteiger partial charge in [-0.25, -0.2) is 13.1 Å². The van der Waals surface area contributed by atoms with E-state index in [1.54, 1.807) is 13.8 Å². The molecule has 0 aliphatic rings. The molecule has 7 heteroatoms. The molecule has 0 aliphatic carbocycles. The highest BCUT2D eigenvalue weighted by molar-refractivity contribution is 7.89. The molecule has 18 heavy (non-hydrogen) atoms. The average molecular weight is 291 g/mol. The lowest BCUT2D eigenvalue weighted by molar-refractivity contribution is -0.305. The molecule has 100 valence electrons. The summed E-state index contributed by atoms with van der Waals surface area (Å²) in [5.74, 6) is -1.30. The SMILES string of the molecule is Cc1cc(S(=O)(=O)NCCC(=O)[O-])cc(C)c1Cl. The van der Waals surface area contributed by atoms with Gasteiger partial charge in [-0.1, -0.05) is 11.6 Å². The summed E-state index contributed by atoms with van der Waals surface area (Å²) in [4.78, 5) is 10.3. The number of rotatable bonds is 5. The highest BCUT2D eigenvalue weighted by Gasteiger charge is 2.15. The van der Waals surface area contributed by atoms with Crippen LogP contribution in [0.4, 0.5) is 0 Å². The van der Waals surface area contributed by atoms with Crippen molar-refractivity contribution in [2.24, 2.45) is 0 Å². The van der Waals surface area contributed by atoms with E-state index in [-0.39, 0.29) is 17.9 Å². The maximum Gasteiger partial charge on any atom is 0.240 e. The summed E-state index contributed by atoms with van der Waals surface area (Å²) in [6.07, 6.45) is -0.370. The first-order chi connectivity index (χ1) is 8.24. The van der Waals surface area contributed by atoms with Crippen LogP contribution in [0.1, 0.15) is 17.5 Å². The summed E-state index contributed by atoms with van der Waals surface area (Å²) in [5, 5.41) is 10.7. The van der Waals surface area contributed by atoms with E-state index in [9.17, 15) is 18.3 Å². The monoisotopic (exact) mass is 290 g/mol. The Bertz CT molecular complexity index is 545. The molecule has 5 nitrogen and oxygen atoms in total. The summed E-state index contributed by atoms with van der Waals surface area (Å²) >= 11 is 5.94.